The molecule has 116 valence electrons. The summed E-state index contributed by atoms with van der Waals surface area (Å²) in [6.07, 6.45) is 8.42. The van der Waals surface area contributed by atoms with Crippen molar-refractivity contribution in [2.24, 2.45) is 5.92 Å². The van der Waals surface area contributed by atoms with Gasteiger partial charge in [0.15, 0.2) is 0 Å². The van der Waals surface area contributed by atoms with E-state index in [1.165, 1.54) is 18.4 Å². The average Bonchev–Trinajstić information content (AvgIpc) is 3.07. The summed E-state index contributed by atoms with van der Waals surface area (Å²) in [7, 11) is 0. The number of fused-ring (bicyclic) bond motifs is 2. The molecule has 4 atom stereocenters. The van der Waals surface area contributed by atoms with Crippen molar-refractivity contribution in [3.63, 3.8) is 0 Å². The number of hydrogen-bond acceptors (Lipinski definition) is 4. The molecule has 0 saturated carbocycles. The Kier molecular flexibility index (Phi) is 4.45. The van der Waals surface area contributed by atoms with Crippen molar-refractivity contribution < 1.29 is 9.47 Å². The predicted octanol–water partition coefficient (Wildman–Crippen LogP) is 3.09. The van der Waals surface area contributed by atoms with E-state index in [0.717, 1.165) is 18.7 Å². The number of pyridine rings is 1. The Hall–Kier alpha value is -1.13. The summed E-state index contributed by atoms with van der Waals surface area (Å²) in [4.78, 5) is 4.37. The summed E-state index contributed by atoms with van der Waals surface area (Å²) in [5, 5.41) is 3.63. The average molecular weight is 290 g/mol. The maximum atomic E-state index is 6.04. The topological polar surface area (TPSA) is 43.4 Å². The fourth-order valence-electron chi connectivity index (χ4n) is 3.71. The first-order valence-corrected chi connectivity index (χ1v) is 8.17. The first-order chi connectivity index (χ1) is 10.2. The van der Waals surface area contributed by atoms with Crippen molar-refractivity contribution >= 4 is 0 Å². The van der Waals surface area contributed by atoms with Gasteiger partial charge in [-0.2, -0.15) is 0 Å². The van der Waals surface area contributed by atoms with Gasteiger partial charge in [-0.3, -0.25) is 4.98 Å². The van der Waals surface area contributed by atoms with Crippen LogP contribution in [0.1, 0.15) is 51.6 Å². The number of nitrogens with one attached hydrogen (secondary N) is 1. The van der Waals surface area contributed by atoms with Gasteiger partial charge in [0.2, 0.25) is 0 Å². The van der Waals surface area contributed by atoms with Crippen LogP contribution in [0.2, 0.25) is 0 Å². The SMILES string of the molecule is CCNC(c1cncc(OC(C)C)c1)C1CC2CCC1O2. The first-order valence-electron chi connectivity index (χ1n) is 8.17. The number of nitrogens with zero attached hydrogens (tertiary/aromatic N) is 1. The minimum absolute atomic E-state index is 0.172. The Bertz CT molecular complexity index is 478. The largest absolute Gasteiger partial charge is 0.489 e. The van der Waals surface area contributed by atoms with E-state index < -0.39 is 0 Å². The maximum Gasteiger partial charge on any atom is 0.138 e. The van der Waals surface area contributed by atoms with Crippen LogP contribution in [-0.2, 0) is 4.74 Å². The number of rotatable bonds is 6. The zero-order valence-corrected chi connectivity index (χ0v) is 13.2. The third kappa shape index (κ3) is 3.22. The second-order valence-electron chi connectivity index (χ2n) is 6.43. The Labute approximate surface area is 127 Å². The molecule has 0 aromatic carbocycles. The minimum atomic E-state index is 0.172. The lowest BCUT2D eigenvalue weighted by Gasteiger charge is -2.29. The molecular weight excluding hydrogens is 264 g/mol. The summed E-state index contributed by atoms with van der Waals surface area (Å²) in [6, 6.07) is 2.44. The summed E-state index contributed by atoms with van der Waals surface area (Å²) in [6.45, 7) is 7.19. The van der Waals surface area contributed by atoms with Crippen molar-refractivity contribution in [3.8, 4) is 5.75 Å². The van der Waals surface area contributed by atoms with Crippen LogP contribution in [0.3, 0.4) is 0 Å². The zero-order chi connectivity index (χ0) is 14.8. The molecule has 2 saturated heterocycles. The van der Waals surface area contributed by atoms with Crippen molar-refractivity contribution in [1.82, 2.24) is 10.3 Å². The summed E-state index contributed by atoms with van der Waals surface area (Å²) < 4.78 is 11.8. The van der Waals surface area contributed by atoms with Gasteiger partial charge in [0.05, 0.1) is 24.5 Å². The van der Waals surface area contributed by atoms with E-state index >= 15 is 0 Å². The Morgan fingerprint density at radius 3 is 2.86 bits per heavy atom. The van der Waals surface area contributed by atoms with Gasteiger partial charge in [-0.25, -0.2) is 0 Å². The second-order valence-corrected chi connectivity index (χ2v) is 6.43. The molecule has 4 unspecified atom stereocenters. The summed E-state index contributed by atoms with van der Waals surface area (Å²) in [5.74, 6) is 1.41. The maximum absolute atomic E-state index is 6.04. The summed E-state index contributed by atoms with van der Waals surface area (Å²) in [5.41, 5.74) is 1.22. The van der Waals surface area contributed by atoms with Crippen molar-refractivity contribution in [1.29, 1.82) is 0 Å². The Balaban J connectivity index is 1.80. The van der Waals surface area contributed by atoms with Crippen molar-refractivity contribution in [2.75, 3.05) is 6.54 Å². The molecule has 2 bridgehead atoms. The van der Waals surface area contributed by atoms with Crippen LogP contribution >= 0.6 is 0 Å². The van der Waals surface area contributed by atoms with Gasteiger partial charge < -0.3 is 14.8 Å². The van der Waals surface area contributed by atoms with E-state index in [1.807, 2.05) is 20.0 Å². The van der Waals surface area contributed by atoms with Crippen LogP contribution in [0.5, 0.6) is 5.75 Å². The standard InChI is InChI=1S/C17H26N2O2/c1-4-19-17(15-8-13-5-6-16(15)21-13)12-7-14(10-18-9-12)20-11(2)3/h7,9-11,13,15-17,19H,4-6,8H2,1-3H3. The lowest BCUT2D eigenvalue weighted by atomic mass is 9.81. The van der Waals surface area contributed by atoms with E-state index in [1.54, 1.807) is 6.20 Å². The van der Waals surface area contributed by atoms with E-state index in [2.05, 4.69) is 23.3 Å². The lowest BCUT2D eigenvalue weighted by Crippen LogP contribution is -2.33. The zero-order valence-electron chi connectivity index (χ0n) is 13.2. The number of hydrogen-bond donors (Lipinski definition) is 1. The molecule has 4 nitrogen and oxygen atoms in total. The molecule has 2 aliphatic heterocycles. The lowest BCUT2D eigenvalue weighted by molar-refractivity contribution is 0.0857. The first kappa shape index (κ1) is 14.8. The van der Waals surface area contributed by atoms with Crippen LogP contribution in [0.15, 0.2) is 18.5 Å². The van der Waals surface area contributed by atoms with Gasteiger partial charge >= 0.3 is 0 Å². The quantitative estimate of drug-likeness (QED) is 0.874. The molecular formula is C17H26N2O2. The van der Waals surface area contributed by atoms with E-state index in [9.17, 15) is 0 Å². The molecule has 1 N–H and O–H groups in total. The van der Waals surface area contributed by atoms with E-state index in [4.69, 9.17) is 9.47 Å². The highest BCUT2D eigenvalue weighted by Gasteiger charge is 2.44. The van der Waals surface area contributed by atoms with E-state index in [0.29, 0.717) is 24.2 Å². The third-order valence-corrected chi connectivity index (χ3v) is 4.47. The predicted molar refractivity (Wildman–Crippen MR) is 82.4 cm³/mol. The van der Waals surface area contributed by atoms with Gasteiger partial charge in [-0.1, -0.05) is 6.92 Å². The molecule has 0 amide bonds. The Morgan fingerprint density at radius 2 is 2.24 bits per heavy atom. The van der Waals surface area contributed by atoms with Gasteiger partial charge in [0, 0.05) is 18.2 Å². The fraction of sp³-hybridized carbons (Fsp3) is 0.706. The third-order valence-electron chi connectivity index (χ3n) is 4.47. The molecule has 0 spiro atoms. The van der Waals surface area contributed by atoms with Gasteiger partial charge in [0.25, 0.3) is 0 Å². The van der Waals surface area contributed by atoms with Gasteiger partial charge in [-0.05, 0) is 51.3 Å². The normalized spacial score (nSPS) is 29.0. The highest BCUT2D eigenvalue weighted by molar-refractivity contribution is 5.27. The Morgan fingerprint density at radius 1 is 1.38 bits per heavy atom. The molecule has 4 heteroatoms. The van der Waals surface area contributed by atoms with Gasteiger partial charge in [0.1, 0.15) is 5.75 Å². The van der Waals surface area contributed by atoms with Crippen LogP contribution in [-0.4, -0.2) is 29.8 Å². The van der Waals surface area contributed by atoms with Crippen LogP contribution < -0.4 is 10.1 Å². The second kappa shape index (κ2) is 6.32. The highest BCUT2D eigenvalue weighted by atomic mass is 16.5. The van der Waals surface area contributed by atoms with Crippen LogP contribution in [0.25, 0.3) is 0 Å². The molecule has 3 heterocycles. The molecule has 0 aliphatic carbocycles. The van der Waals surface area contributed by atoms with Crippen LogP contribution in [0, 0.1) is 5.92 Å². The highest BCUT2D eigenvalue weighted by Crippen LogP contribution is 2.44. The molecule has 0 radical (unpaired) electrons. The van der Waals surface area contributed by atoms with E-state index in [-0.39, 0.29) is 6.10 Å². The fourth-order valence-corrected chi connectivity index (χ4v) is 3.71. The smallest absolute Gasteiger partial charge is 0.138 e. The monoisotopic (exact) mass is 290 g/mol. The van der Waals surface area contributed by atoms with Gasteiger partial charge in [-0.15, -0.1) is 0 Å². The number of ether oxygens (including phenoxy) is 2. The van der Waals surface area contributed by atoms with Crippen molar-refractivity contribution in [2.45, 2.75) is 64.4 Å². The molecule has 3 rings (SSSR count). The molecule has 1 aromatic heterocycles. The minimum Gasteiger partial charge on any atom is -0.489 e. The number of aromatic nitrogens is 1. The molecule has 21 heavy (non-hydrogen) atoms. The van der Waals surface area contributed by atoms with Crippen LogP contribution in [0.4, 0.5) is 0 Å². The molecule has 2 fully saturated rings. The summed E-state index contributed by atoms with van der Waals surface area (Å²) >= 11 is 0. The van der Waals surface area contributed by atoms with Crippen molar-refractivity contribution in [3.05, 3.63) is 24.0 Å². The molecule has 1 aromatic rings. The molecule has 2 aliphatic rings.